The van der Waals surface area contributed by atoms with E-state index < -0.39 is 0 Å². The number of benzene rings is 1. The first-order valence-electron chi connectivity index (χ1n) is 7.72. The number of methoxy groups -OCH3 is 1. The van der Waals surface area contributed by atoms with E-state index in [0.29, 0.717) is 17.2 Å². The van der Waals surface area contributed by atoms with Gasteiger partial charge in [0.1, 0.15) is 0 Å². The quantitative estimate of drug-likeness (QED) is 0.868. The van der Waals surface area contributed by atoms with Gasteiger partial charge in [-0.25, -0.2) is 4.79 Å². The fourth-order valence-corrected chi connectivity index (χ4v) is 2.89. The number of ether oxygens (including phenoxy) is 1. The van der Waals surface area contributed by atoms with Crippen LogP contribution in [0.4, 0.5) is 5.69 Å². The molecule has 1 aliphatic heterocycles. The predicted molar refractivity (Wildman–Crippen MR) is 86.0 cm³/mol. The van der Waals surface area contributed by atoms with Gasteiger partial charge in [-0.1, -0.05) is 19.1 Å². The minimum atomic E-state index is -0.389. The van der Waals surface area contributed by atoms with Crippen LogP contribution in [0.5, 0.6) is 0 Å². The Labute approximate surface area is 131 Å². The molecule has 0 aromatic heterocycles. The summed E-state index contributed by atoms with van der Waals surface area (Å²) < 4.78 is 4.82. The number of rotatable bonds is 4. The van der Waals surface area contributed by atoms with Crippen LogP contribution in [0.25, 0.3) is 0 Å². The van der Waals surface area contributed by atoms with E-state index in [1.807, 2.05) is 24.0 Å². The molecule has 1 N–H and O–H groups in total. The van der Waals surface area contributed by atoms with Crippen molar-refractivity contribution in [2.75, 3.05) is 32.1 Å². The van der Waals surface area contributed by atoms with Crippen LogP contribution in [0, 0.1) is 12.8 Å². The van der Waals surface area contributed by atoms with Crippen molar-refractivity contribution in [2.45, 2.75) is 26.7 Å². The summed E-state index contributed by atoms with van der Waals surface area (Å²) in [6, 6.07) is 5.51. The van der Waals surface area contributed by atoms with E-state index in [1.54, 1.807) is 6.07 Å². The lowest BCUT2D eigenvalue weighted by Crippen LogP contribution is -2.42. The van der Waals surface area contributed by atoms with Crippen molar-refractivity contribution in [1.29, 1.82) is 0 Å². The summed E-state index contributed by atoms with van der Waals surface area (Å²) in [6.45, 7) is 5.86. The second-order valence-corrected chi connectivity index (χ2v) is 5.93. The van der Waals surface area contributed by atoms with Crippen LogP contribution in [-0.2, 0) is 9.53 Å². The molecular formula is C17H24N2O3. The molecule has 0 radical (unpaired) electrons. The molecule has 1 aromatic rings. The summed E-state index contributed by atoms with van der Waals surface area (Å²) in [7, 11) is 1.36. The highest BCUT2D eigenvalue weighted by Crippen LogP contribution is 2.21. The van der Waals surface area contributed by atoms with Crippen molar-refractivity contribution in [1.82, 2.24) is 4.90 Å². The second kappa shape index (κ2) is 7.29. The maximum Gasteiger partial charge on any atom is 0.340 e. The monoisotopic (exact) mass is 304 g/mol. The van der Waals surface area contributed by atoms with E-state index in [4.69, 9.17) is 4.74 Å². The van der Waals surface area contributed by atoms with Crippen LogP contribution in [0.1, 0.15) is 35.7 Å². The first-order chi connectivity index (χ1) is 10.5. The predicted octanol–water partition coefficient (Wildman–Crippen LogP) is 2.45. The van der Waals surface area contributed by atoms with Gasteiger partial charge in [-0.15, -0.1) is 0 Å². The maximum absolute atomic E-state index is 12.3. The molecule has 0 unspecified atom stereocenters. The van der Waals surface area contributed by atoms with Gasteiger partial charge in [0.2, 0.25) is 5.91 Å². The Morgan fingerprint density at radius 2 is 2.18 bits per heavy atom. The molecule has 1 heterocycles. The number of hydrogen-bond acceptors (Lipinski definition) is 4. The third-order valence-electron chi connectivity index (χ3n) is 4.10. The number of nitrogens with one attached hydrogen (secondary N) is 1. The van der Waals surface area contributed by atoms with Crippen molar-refractivity contribution in [2.24, 2.45) is 5.92 Å². The summed E-state index contributed by atoms with van der Waals surface area (Å²) in [6.07, 6.45) is 2.24. The summed E-state index contributed by atoms with van der Waals surface area (Å²) in [5.41, 5.74) is 1.96. The summed E-state index contributed by atoms with van der Waals surface area (Å²) in [4.78, 5) is 26.1. The van der Waals surface area contributed by atoms with E-state index >= 15 is 0 Å². The zero-order chi connectivity index (χ0) is 16.1. The third kappa shape index (κ3) is 3.78. The van der Waals surface area contributed by atoms with Crippen LogP contribution in [0.3, 0.4) is 0 Å². The molecule has 5 heteroatoms. The van der Waals surface area contributed by atoms with Crippen molar-refractivity contribution >= 4 is 17.6 Å². The third-order valence-corrected chi connectivity index (χ3v) is 4.10. The number of likely N-dealkylation sites (tertiary alicyclic amines) is 1. The second-order valence-electron chi connectivity index (χ2n) is 5.93. The first-order valence-corrected chi connectivity index (χ1v) is 7.72. The molecule has 1 aliphatic rings. The van der Waals surface area contributed by atoms with Gasteiger partial charge >= 0.3 is 5.97 Å². The number of nitrogens with zero attached hydrogens (tertiary/aromatic N) is 1. The van der Waals surface area contributed by atoms with E-state index in [9.17, 15) is 9.59 Å². The van der Waals surface area contributed by atoms with Gasteiger partial charge in [-0.3, -0.25) is 4.79 Å². The van der Waals surface area contributed by atoms with E-state index in [1.165, 1.54) is 13.5 Å². The Bertz CT molecular complexity index is 557. The van der Waals surface area contributed by atoms with Crippen LogP contribution in [-0.4, -0.2) is 43.5 Å². The highest BCUT2D eigenvalue weighted by Gasteiger charge is 2.21. The topological polar surface area (TPSA) is 58.6 Å². The Kier molecular flexibility index (Phi) is 5.41. The molecule has 0 bridgehead atoms. The molecule has 0 aliphatic carbocycles. The highest BCUT2D eigenvalue weighted by atomic mass is 16.5. The Balaban J connectivity index is 2.03. The molecule has 1 aromatic carbocycles. The lowest BCUT2D eigenvalue weighted by molar-refractivity contribution is -0.130. The lowest BCUT2D eigenvalue weighted by Gasteiger charge is -2.31. The fraction of sp³-hybridized carbons (Fsp3) is 0.529. The summed E-state index contributed by atoms with van der Waals surface area (Å²) >= 11 is 0. The van der Waals surface area contributed by atoms with Gasteiger partial charge in [0.05, 0.1) is 19.2 Å². The summed E-state index contributed by atoms with van der Waals surface area (Å²) in [5.74, 6) is 0.241. The zero-order valence-corrected chi connectivity index (χ0v) is 13.5. The largest absolute Gasteiger partial charge is 0.465 e. The fourth-order valence-electron chi connectivity index (χ4n) is 2.89. The van der Waals surface area contributed by atoms with Gasteiger partial charge in [0.15, 0.2) is 0 Å². The average Bonchev–Trinajstić information content (AvgIpc) is 2.52. The molecule has 1 fully saturated rings. The maximum atomic E-state index is 12.3. The molecule has 0 spiro atoms. The molecule has 22 heavy (non-hydrogen) atoms. The number of amides is 1. The van der Waals surface area contributed by atoms with E-state index in [0.717, 1.165) is 25.1 Å². The summed E-state index contributed by atoms with van der Waals surface area (Å²) in [5, 5.41) is 3.09. The highest BCUT2D eigenvalue weighted by molar-refractivity contribution is 5.97. The number of piperidine rings is 1. The Morgan fingerprint density at radius 1 is 1.41 bits per heavy atom. The number of carbonyl (C=O) groups excluding carboxylic acids is 2. The number of anilines is 1. The van der Waals surface area contributed by atoms with Crippen LogP contribution in [0.15, 0.2) is 18.2 Å². The molecule has 120 valence electrons. The standard InChI is InChI=1S/C17H24N2O3/c1-12-6-5-9-19(11-12)15(20)10-18-14-8-4-7-13(2)16(14)17(21)22-3/h4,7-8,12,18H,5-6,9-11H2,1-3H3/t12-/m1/s1. The molecule has 2 rings (SSSR count). The molecular weight excluding hydrogens is 280 g/mol. The van der Waals surface area contributed by atoms with Gasteiger partial charge in [-0.05, 0) is 37.3 Å². The number of hydrogen-bond donors (Lipinski definition) is 1. The van der Waals surface area contributed by atoms with Crippen molar-refractivity contribution in [3.63, 3.8) is 0 Å². The van der Waals surface area contributed by atoms with Crippen LogP contribution >= 0.6 is 0 Å². The minimum Gasteiger partial charge on any atom is -0.465 e. The van der Waals surface area contributed by atoms with Gasteiger partial charge in [0, 0.05) is 18.8 Å². The molecule has 1 saturated heterocycles. The molecule has 1 amide bonds. The van der Waals surface area contributed by atoms with Crippen molar-refractivity contribution in [3.05, 3.63) is 29.3 Å². The van der Waals surface area contributed by atoms with Gasteiger partial charge in [0.25, 0.3) is 0 Å². The Morgan fingerprint density at radius 3 is 2.86 bits per heavy atom. The van der Waals surface area contributed by atoms with Crippen molar-refractivity contribution in [3.8, 4) is 0 Å². The molecule has 5 nitrogen and oxygen atoms in total. The lowest BCUT2D eigenvalue weighted by atomic mass is 10.0. The smallest absolute Gasteiger partial charge is 0.340 e. The normalized spacial score (nSPS) is 18.0. The van der Waals surface area contributed by atoms with Gasteiger partial charge < -0.3 is 15.0 Å². The molecule has 1 atom stereocenters. The average molecular weight is 304 g/mol. The van der Waals surface area contributed by atoms with Crippen molar-refractivity contribution < 1.29 is 14.3 Å². The SMILES string of the molecule is COC(=O)c1c(C)cccc1NCC(=O)N1CCC[C@@H](C)C1. The molecule has 0 saturated carbocycles. The minimum absolute atomic E-state index is 0.0730. The van der Waals surface area contributed by atoms with Crippen LogP contribution in [0.2, 0.25) is 0 Å². The van der Waals surface area contributed by atoms with E-state index in [-0.39, 0.29) is 18.4 Å². The number of aryl methyl sites for hydroxylation is 1. The first kappa shape index (κ1) is 16.3. The number of esters is 1. The Hall–Kier alpha value is -2.04. The van der Waals surface area contributed by atoms with Gasteiger partial charge in [-0.2, -0.15) is 0 Å². The zero-order valence-electron chi connectivity index (χ0n) is 13.5. The number of carbonyl (C=O) groups is 2. The van der Waals surface area contributed by atoms with E-state index in [2.05, 4.69) is 12.2 Å². The van der Waals surface area contributed by atoms with Crippen LogP contribution < -0.4 is 5.32 Å².